The van der Waals surface area contributed by atoms with Gasteiger partial charge in [-0.05, 0) is 34.5 Å². The highest BCUT2D eigenvalue weighted by atomic mass is 32.1. The molecule has 0 fully saturated rings. The van der Waals surface area contributed by atoms with E-state index in [0.29, 0.717) is 13.0 Å². The van der Waals surface area contributed by atoms with Gasteiger partial charge in [0.2, 0.25) is 5.88 Å². The standard InChI is InChI=1S/C18H16N4O5S/c1-26-15-8-13(16(23)21-14-3-2-12(9-19-14)17(24)25)20-18(22-15)27-6-4-11-5-7-28-10-11/h2-3,5,7-10H,4,6H2,1H3,(H,24,25)(H,19,21,23). The number of hydrogen-bond acceptors (Lipinski definition) is 8. The second-order valence-electron chi connectivity index (χ2n) is 5.50. The van der Waals surface area contributed by atoms with E-state index in [1.807, 2.05) is 16.8 Å². The molecule has 3 rings (SSSR count). The summed E-state index contributed by atoms with van der Waals surface area (Å²) in [6, 6.07) is 6.12. The number of thiophene rings is 1. The Morgan fingerprint density at radius 2 is 2.11 bits per heavy atom. The number of ether oxygens (including phenoxy) is 2. The van der Waals surface area contributed by atoms with E-state index in [-0.39, 0.29) is 29.0 Å². The van der Waals surface area contributed by atoms with Gasteiger partial charge in [0.15, 0.2) is 0 Å². The monoisotopic (exact) mass is 400 g/mol. The van der Waals surface area contributed by atoms with Gasteiger partial charge >= 0.3 is 12.0 Å². The van der Waals surface area contributed by atoms with Gasteiger partial charge < -0.3 is 19.9 Å². The Bertz CT molecular complexity index is 961. The second kappa shape index (κ2) is 8.91. The van der Waals surface area contributed by atoms with Crippen LogP contribution in [0.3, 0.4) is 0 Å². The van der Waals surface area contributed by atoms with Gasteiger partial charge in [-0.3, -0.25) is 4.79 Å². The highest BCUT2D eigenvalue weighted by Crippen LogP contribution is 2.16. The molecule has 3 heterocycles. The summed E-state index contributed by atoms with van der Waals surface area (Å²) >= 11 is 1.60. The van der Waals surface area contributed by atoms with Crippen molar-refractivity contribution < 1.29 is 24.2 Å². The van der Waals surface area contributed by atoms with Gasteiger partial charge in [-0.2, -0.15) is 21.3 Å². The van der Waals surface area contributed by atoms with E-state index >= 15 is 0 Å². The molecule has 0 bridgehead atoms. The van der Waals surface area contributed by atoms with Gasteiger partial charge in [0.1, 0.15) is 11.5 Å². The molecule has 2 N–H and O–H groups in total. The molecule has 144 valence electrons. The number of nitrogens with one attached hydrogen (secondary N) is 1. The Kier molecular flexibility index (Phi) is 6.12. The Morgan fingerprint density at radius 3 is 2.75 bits per heavy atom. The Balaban J connectivity index is 1.68. The first-order chi connectivity index (χ1) is 13.5. The number of methoxy groups -OCH3 is 1. The lowest BCUT2D eigenvalue weighted by molar-refractivity contribution is 0.0696. The normalized spacial score (nSPS) is 10.3. The first-order valence-electron chi connectivity index (χ1n) is 8.13. The van der Waals surface area contributed by atoms with Gasteiger partial charge in [-0.1, -0.05) is 0 Å². The minimum atomic E-state index is -1.10. The Labute approximate surface area is 164 Å². The molecule has 0 aliphatic rings. The molecule has 3 aromatic rings. The molecular formula is C18H16N4O5S. The maximum absolute atomic E-state index is 12.4. The fourth-order valence-electron chi connectivity index (χ4n) is 2.16. The first-order valence-corrected chi connectivity index (χ1v) is 9.07. The van der Waals surface area contributed by atoms with Crippen molar-refractivity contribution in [2.75, 3.05) is 19.0 Å². The summed E-state index contributed by atoms with van der Waals surface area (Å²) in [6.45, 7) is 0.350. The Morgan fingerprint density at radius 1 is 1.25 bits per heavy atom. The van der Waals surface area contributed by atoms with Crippen LogP contribution in [0.1, 0.15) is 26.4 Å². The zero-order valence-corrected chi connectivity index (χ0v) is 15.6. The number of carbonyl (C=O) groups excluding carboxylic acids is 1. The SMILES string of the molecule is COc1cc(C(=O)Nc2ccc(C(=O)O)cn2)nc(OCCc2ccsc2)n1. The predicted molar refractivity (Wildman–Crippen MR) is 101 cm³/mol. The predicted octanol–water partition coefficient (Wildman–Crippen LogP) is 2.51. The summed E-state index contributed by atoms with van der Waals surface area (Å²) in [4.78, 5) is 35.4. The molecule has 9 nitrogen and oxygen atoms in total. The van der Waals surface area contributed by atoms with Crippen LogP contribution in [0.4, 0.5) is 5.82 Å². The number of pyridine rings is 1. The number of amides is 1. The molecule has 28 heavy (non-hydrogen) atoms. The van der Waals surface area contributed by atoms with E-state index in [1.165, 1.54) is 25.3 Å². The number of rotatable bonds is 8. The molecule has 10 heteroatoms. The zero-order chi connectivity index (χ0) is 19.9. The molecule has 0 unspecified atom stereocenters. The minimum Gasteiger partial charge on any atom is -0.481 e. The molecule has 0 atom stereocenters. The molecule has 0 aliphatic carbocycles. The molecule has 0 spiro atoms. The van der Waals surface area contributed by atoms with Crippen LogP contribution in [0.25, 0.3) is 0 Å². The van der Waals surface area contributed by atoms with E-state index < -0.39 is 11.9 Å². The van der Waals surface area contributed by atoms with Crippen LogP contribution in [0, 0.1) is 0 Å². The summed E-state index contributed by atoms with van der Waals surface area (Å²) in [6.07, 6.45) is 1.84. The van der Waals surface area contributed by atoms with Crippen LogP contribution in [-0.4, -0.2) is 45.7 Å². The van der Waals surface area contributed by atoms with Crippen molar-refractivity contribution in [3.05, 3.63) is 58.0 Å². The fourth-order valence-corrected chi connectivity index (χ4v) is 2.86. The van der Waals surface area contributed by atoms with E-state index in [2.05, 4.69) is 20.3 Å². The molecule has 3 aromatic heterocycles. The third kappa shape index (κ3) is 5.01. The van der Waals surface area contributed by atoms with E-state index in [1.54, 1.807) is 11.3 Å². The maximum Gasteiger partial charge on any atom is 0.337 e. The molecule has 0 saturated carbocycles. The summed E-state index contributed by atoms with van der Waals surface area (Å²) in [5, 5.41) is 15.4. The molecular weight excluding hydrogens is 384 g/mol. The van der Waals surface area contributed by atoms with Crippen LogP contribution >= 0.6 is 11.3 Å². The highest BCUT2D eigenvalue weighted by molar-refractivity contribution is 7.07. The summed E-state index contributed by atoms with van der Waals surface area (Å²) in [7, 11) is 1.42. The third-order valence-corrected chi connectivity index (χ3v) is 4.31. The molecule has 0 radical (unpaired) electrons. The molecule has 0 aromatic carbocycles. The topological polar surface area (TPSA) is 124 Å². The first kappa shape index (κ1) is 19.2. The van der Waals surface area contributed by atoms with Gasteiger partial charge in [0.25, 0.3) is 5.91 Å². The molecule has 0 saturated heterocycles. The minimum absolute atomic E-state index is 0.0167. The number of carboxylic acid groups (broad SMARTS) is 1. The van der Waals surface area contributed by atoms with Crippen molar-refractivity contribution in [1.82, 2.24) is 15.0 Å². The van der Waals surface area contributed by atoms with E-state index in [4.69, 9.17) is 14.6 Å². The van der Waals surface area contributed by atoms with Crippen molar-refractivity contribution in [2.45, 2.75) is 6.42 Å². The zero-order valence-electron chi connectivity index (χ0n) is 14.8. The van der Waals surface area contributed by atoms with Crippen molar-refractivity contribution >= 4 is 29.0 Å². The van der Waals surface area contributed by atoms with Crippen LogP contribution in [-0.2, 0) is 6.42 Å². The highest BCUT2D eigenvalue weighted by Gasteiger charge is 2.14. The average molecular weight is 400 g/mol. The smallest absolute Gasteiger partial charge is 0.337 e. The lowest BCUT2D eigenvalue weighted by Crippen LogP contribution is -2.16. The van der Waals surface area contributed by atoms with Crippen molar-refractivity contribution in [1.29, 1.82) is 0 Å². The quantitative estimate of drug-likeness (QED) is 0.591. The molecule has 0 aliphatic heterocycles. The van der Waals surface area contributed by atoms with Gasteiger partial charge in [-0.25, -0.2) is 9.78 Å². The molecule has 1 amide bonds. The van der Waals surface area contributed by atoms with Crippen LogP contribution < -0.4 is 14.8 Å². The largest absolute Gasteiger partial charge is 0.481 e. The van der Waals surface area contributed by atoms with Crippen molar-refractivity contribution in [2.24, 2.45) is 0 Å². The van der Waals surface area contributed by atoms with Gasteiger partial charge in [0.05, 0.1) is 19.3 Å². The summed E-state index contributed by atoms with van der Waals surface area (Å²) in [5.74, 6) is -1.29. The lowest BCUT2D eigenvalue weighted by Gasteiger charge is -2.09. The summed E-state index contributed by atoms with van der Waals surface area (Å²) in [5.41, 5.74) is 1.19. The van der Waals surface area contributed by atoms with Gasteiger partial charge in [0, 0.05) is 18.7 Å². The van der Waals surface area contributed by atoms with Crippen LogP contribution in [0.5, 0.6) is 11.9 Å². The van der Waals surface area contributed by atoms with E-state index in [9.17, 15) is 9.59 Å². The van der Waals surface area contributed by atoms with Crippen LogP contribution in [0.2, 0.25) is 0 Å². The van der Waals surface area contributed by atoms with Crippen molar-refractivity contribution in [3.8, 4) is 11.9 Å². The number of hydrogen-bond donors (Lipinski definition) is 2. The van der Waals surface area contributed by atoms with Crippen molar-refractivity contribution in [3.63, 3.8) is 0 Å². The number of aromatic nitrogens is 3. The number of aromatic carboxylic acids is 1. The number of nitrogens with zero attached hydrogens (tertiary/aromatic N) is 3. The number of anilines is 1. The van der Waals surface area contributed by atoms with Crippen LogP contribution in [0.15, 0.2) is 41.2 Å². The second-order valence-corrected chi connectivity index (χ2v) is 6.28. The fraction of sp³-hybridized carbons (Fsp3) is 0.167. The number of carbonyl (C=O) groups is 2. The third-order valence-electron chi connectivity index (χ3n) is 3.58. The maximum atomic E-state index is 12.4. The van der Waals surface area contributed by atoms with E-state index in [0.717, 1.165) is 11.8 Å². The summed E-state index contributed by atoms with van der Waals surface area (Å²) < 4.78 is 10.6. The van der Waals surface area contributed by atoms with Gasteiger partial charge in [-0.15, -0.1) is 0 Å². The number of carboxylic acids is 1. The lowest BCUT2D eigenvalue weighted by atomic mass is 10.3. The Hall–Kier alpha value is -3.53. The average Bonchev–Trinajstić information content (AvgIpc) is 3.21.